The molecule has 1 aliphatic carbocycles. The second-order valence-electron chi connectivity index (χ2n) is 6.76. The second-order valence-corrected chi connectivity index (χ2v) is 6.76. The number of amides is 2. The van der Waals surface area contributed by atoms with Gasteiger partial charge in [0.15, 0.2) is 5.96 Å². The summed E-state index contributed by atoms with van der Waals surface area (Å²) in [6.07, 6.45) is 1.47. The maximum Gasteiger partial charge on any atom is 0.313 e. The Labute approximate surface area is 162 Å². The van der Waals surface area contributed by atoms with E-state index in [9.17, 15) is 14.0 Å². The van der Waals surface area contributed by atoms with Gasteiger partial charge in [0, 0.05) is 5.69 Å². The van der Waals surface area contributed by atoms with E-state index in [0.29, 0.717) is 18.5 Å². The minimum absolute atomic E-state index is 0.0325. The predicted octanol–water partition coefficient (Wildman–Crippen LogP) is 1.65. The molecule has 1 unspecified atom stereocenters. The zero-order valence-electron chi connectivity index (χ0n) is 15.5. The highest BCUT2D eigenvalue weighted by atomic mass is 19.1. The normalized spacial score (nSPS) is 14.9. The monoisotopic (exact) mass is 383 g/mol. The Kier molecular flexibility index (Phi) is 5.58. The summed E-state index contributed by atoms with van der Waals surface area (Å²) in [4.78, 5) is 28.4. The van der Waals surface area contributed by atoms with E-state index in [1.54, 1.807) is 13.0 Å². The molecular formula is C20H22FN5O2. The molecule has 0 heterocycles. The predicted molar refractivity (Wildman–Crippen MR) is 105 cm³/mol. The minimum atomic E-state index is -0.832. The Bertz CT molecular complexity index is 954. The van der Waals surface area contributed by atoms with Gasteiger partial charge in [-0.25, -0.2) is 9.38 Å². The van der Waals surface area contributed by atoms with E-state index < -0.39 is 17.6 Å². The number of guanidine groups is 1. The van der Waals surface area contributed by atoms with Crippen LogP contribution in [0.2, 0.25) is 0 Å². The lowest BCUT2D eigenvalue weighted by Crippen LogP contribution is -2.37. The number of nitrogens with two attached hydrogens (primary N) is 2. The van der Waals surface area contributed by atoms with Crippen LogP contribution in [0.15, 0.2) is 41.4 Å². The smallest absolute Gasteiger partial charge is 0.313 e. The third-order valence-electron chi connectivity index (χ3n) is 4.67. The quantitative estimate of drug-likeness (QED) is 0.364. The van der Waals surface area contributed by atoms with Gasteiger partial charge in [-0.3, -0.25) is 9.59 Å². The van der Waals surface area contributed by atoms with Gasteiger partial charge in [-0.2, -0.15) is 0 Å². The van der Waals surface area contributed by atoms with Crippen molar-refractivity contribution >= 4 is 23.5 Å². The molecule has 1 atom stereocenters. The van der Waals surface area contributed by atoms with Crippen molar-refractivity contribution in [1.82, 2.24) is 5.32 Å². The summed E-state index contributed by atoms with van der Waals surface area (Å²) in [6, 6.07) is 9.83. The number of aryl methyl sites for hydroxylation is 2. The van der Waals surface area contributed by atoms with Crippen LogP contribution in [0.5, 0.6) is 0 Å². The molecule has 28 heavy (non-hydrogen) atoms. The average Bonchev–Trinajstić information content (AvgIpc) is 3.05. The van der Waals surface area contributed by atoms with Crippen molar-refractivity contribution in [3.05, 3.63) is 64.5 Å². The number of benzene rings is 2. The number of aliphatic imine (C=N–C) groups is 1. The number of carbonyl (C=O) groups is 2. The van der Waals surface area contributed by atoms with Crippen molar-refractivity contribution in [1.29, 1.82) is 0 Å². The first kappa shape index (κ1) is 19.3. The summed E-state index contributed by atoms with van der Waals surface area (Å²) < 4.78 is 13.6. The Morgan fingerprint density at radius 1 is 1.18 bits per heavy atom. The van der Waals surface area contributed by atoms with E-state index in [4.69, 9.17) is 11.5 Å². The molecular weight excluding hydrogens is 361 g/mol. The lowest BCUT2D eigenvalue weighted by atomic mass is 10.0. The van der Waals surface area contributed by atoms with Crippen LogP contribution in [-0.2, 0) is 22.6 Å². The zero-order valence-corrected chi connectivity index (χ0v) is 15.5. The number of carbonyl (C=O) groups excluding carboxylic acids is 2. The van der Waals surface area contributed by atoms with Crippen molar-refractivity contribution in [3.8, 4) is 0 Å². The van der Waals surface area contributed by atoms with Crippen molar-refractivity contribution in [3.63, 3.8) is 0 Å². The Balaban J connectivity index is 1.63. The standard InChI is InChI=1S/C20H22FN5O2/c1-11-2-5-14(9-16(11)21)25-18(27)19(28)26-17-7-4-13-8-12(3-6-15(13)17)10-24-20(22)23/h2-3,5-6,8-9,17H,4,7,10H2,1H3,(H,25,27)(H,26,28)(H4,22,23,24). The fourth-order valence-electron chi connectivity index (χ4n) is 3.18. The van der Waals surface area contributed by atoms with Crippen LogP contribution < -0.4 is 22.1 Å². The third kappa shape index (κ3) is 4.46. The summed E-state index contributed by atoms with van der Waals surface area (Å²) in [6.45, 7) is 2.01. The lowest BCUT2D eigenvalue weighted by molar-refractivity contribution is -0.136. The van der Waals surface area contributed by atoms with Crippen LogP contribution in [0, 0.1) is 12.7 Å². The Morgan fingerprint density at radius 2 is 1.96 bits per heavy atom. The zero-order chi connectivity index (χ0) is 20.3. The highest BCUT2D eigenvalue weighted by Crippen LogP contribution is 2.32. The molecule has 2 aromatic rings. The van der Waals surface area contributed by atoms with E-state index in [1.165, 1.54) is 12.1 Å². The topological polar surface area (TPSA) is 123 Å². The molecule has 0 aliphatic heterocycles. The number of hydrogen-bond donors (Lipinski definition) is 4. The highest BCUT2D eigenvalue weighted by molar-refractivity contribution is 6.39. The number of halogens is 1. The summed E-state index contributed by atoms with van der Waals surface area (Å²) in [7, 11) is 0. The van der Waals surface area contributed by atoms with Crippen molar-refractivity contribution in [2.45, 2.75) is 32.4 Å². The molecule has 2 aromatic carbocycles. The van der Waals surface area contributed by atoms with Crippen LogP contribution in [0.25, 0.3) is 0 Å². The van der Waals surface area contributed by atoms with Crippen LogP contribution >= 0.6 is 0 Å². The fourth-order valence-corrected chi connectivity index (χ4v) is 3.18. The fraction of sp³-hybridized carbons (Fsp3) is 0.250. The molecule has 0 saturated carbocycles. The minimum Gasteiger partial charge on any atom is -0.370 e. The number of rotatable bonds is 4. The number of fused-ring (bicyclic) bond motifs is 1. The van der Waals surface area contributed by atoms with Crippen LogP contribution in [0.1, 0.15) is 34.7 Å². The molecule has 7 nitrogen and oxygen atoms in total. The van der Waals surface area contributed by atoms with Crippen LogP contribution in [0.4, 0.5) is 10.1 Å². The molecule has 0 radical (unpaired) electrons. The number of nitrogens with one attached hydrogen (secondary N) is 2. The summed E-state index contributed by atoms with van der Waals surface area (Å²) in [5.41, 5.74) is 14.4. The SMILES string of the molecule is Cc1ccc(NC(=O)C(=O)NC2CCc3cc(CN=C(N)N)ccc32)cc1F. The maximum atomic E-state index is 13.6. The first-order chi connectivity index (χ1) is 13.3. The van der Waals surface area contributed by atoms with E-state index in [0.717, 1.165) is 23.1 Å². The third-order valence-corrected chi connectivity index (χ3v) is 4.67. The van der Waals surface area contributed by atoms with Gasteiger partial charge >= 0.3 is 11.8 Å². The number of hydrogen-bond acceptors (Lipinski definition) is 3. The van der Waals surface area contributed by atoms with Crippen molar-refractivity contribution in [2.75, 3.05) is 5.32 Å². The van der Waals surface area contributed by atoms with Crippen LogP contribution in [0.3, 0.4) is 0 Å². The molecule has 0 fully saturated rings. The average molecular weight is 383 g/mol. The number of nitrogens with zero attached hydrogens (tertiary/aromatic N) is 1. The second kappa shape index (κ2) is 8.08. The van der Waals surface area contributed by atoms with Crippen molar-refractivity contribution < 1.29 is 14.0 Å². The van der Waals surface area contributed by atoms with Crippen LogP contribution in [-0.4, -0.2) is 17.8 Å². The van der Waals surface area contributed by atoms with Gasteiger partial charge in [-0.15, -0.1) is 0 Å². The molecule has 3 rings (SSSR count). The first-order valence-electron chi connectivity index (χ1n) is 8.88. The lowest BCUT2D eigenvalue weighted by Gasteiger charge is -2.14. The van der Waals surface area contributed by atoms with Gasteiger partial charge in [-0.05, 0) is 54.2 Å². The van der Waals surface area contributed by atoms with Gasteiger partial charge in [0.1, 0.15) is 5.82 Å². The molecule has 8 heteroatoms. The molecule has 2 amide bonds. The molecule has 1 aliphatic rings. The van der Waals surface area contributed by atoms with E-state index in [-0.39, 0.29) is 17.7 Å². The summed E-state index contributed by atoms with van der Waals surface area (Å²) >= 11 is 0. The summed E-state index contributed by atoms with van der Waals surface area (Å²) in [5.74, 6) is -2.01. The van der Waals surface area contributed by atoms with Crippen molar-refractivity contribution in [2.24, 2.45) is 16.5 Å². The molecule has 0 spiro atoms. The largest absolute Gasteiger partial charge is 0.370 e. The Morgan fingerprint density at radius 3 is 2.68 bits per heavy atom. The molecule has 146 valence electrons. The molecule has 0 bridgehead atoms. The van der Waals surface area contributed by atoms with E-state index in [2.05, 4.69) is 15.6 Å². The molecule has 0 aromatic heterocycles. The van der Waals surface area contributed by atoms with E-state index in [1.807, 2.05) is 18.2 Å². The van der Waals surface area contributed by atoms with Gasteiger partial charge in [0.2, 0.25) is 0 Å². The van der Waals surface area contributed by atoms with Gasteiger partial charge < -0.3 is 22.1 Å². The first-order valence-corrected chi connectivity index (χ1v) is 8.88. The highest BCUT2D eigenvalue weighted by Gasteiger charge is 2.26. The summed E-state index contributed by atoms with van der Waals surface area (Å²) in [5, 5.41) is 5.15. The van der Waals surface area contributed by atoms with Gasteiger partial charge in [0.25, 0.3) is 0 Å². The maximum absolute atomic E-state index is 13.6. The van der Waals surface area contributed by atoms with Gasteiger partial charge in [0.05, 0.1) is 12.6 Å². The van der Waals surface area contributed by atoms with Gasteiger partial charge in [-0.1, -0.05) is 24.3 Å². The molecule has 0 saturated heterocycles. The molecule has 6 N–H and O–H groups in total. The number of anilines is 1. The Hall–Kier alpha value is -3.42. The van der Waals surface area contributed by atoms with E-state index >= 15 is 0 Å².